The molecule has 0 aliphatic carbocycles. The molecule has 5 heteroatoms. The summed E-state index contributed by atoms with van der Waals surface area (Å²) in [5.41, 5.74) is 1.10. The Hall–Kier alpha value is 0.170. The maximum Gasteiger partial charge on any atom is 0.126 e. The fourth-order valence-corrected chi connectivity index (χ4v) is 2.52. The molecule has 1 aliphatic heterocycles. The average Bonchev–Trinajstić information content (AvgIpc) is 2.08. The summed E-state index contributed by atoms with van der Waals surface area (Å²) in [6.07, 6.45) is 0. The summed E-state index contributed by atoms with van der Waals surface area (Å²) >= 11 is 15.3. The molecule has 2 rings (SSSR count). The number of nitrogens with zero attached hydrogens (tertiary/aromatic N) is 1. The Morgan fingerprint density at radius 2 is 2.00 bits per heavy atom. The molecule has 0 radical (unpaired) electrons. The van der Waals surface area contributed by atoms with E-state index in [-0.39, 0.29) is 0 Å². The largest absolute Gasteiger partial charge is 0.267 e. The van der Waals surface area contributed by atoms with E-state index in [0.717, 1.165) is 15.0 Å². The molecular weight excluding hydrogens is 257 g/mol. The third kappa shape index (κ3) is 2.60. The zero-order valence-corrected chi connectivity index (χ0v) is 10.3. The molecular formula is C9H7Cl2NS2. The van der Waals surface area contributed by atoms with Gasteiger partial charge < -0.3 is 0 Å². The first-order valence-electron chi connectivity index (χ1n) is 3.99. The molecule has 0 aromatic heterocycles. The molecule has 1 aliphatic rings. The minimum atomic E-state index is 0.593. The standard InChI is InChI=1S/C9H7Cl2NS2/c10-7-2-1-6(3-8(7)11)4-12-9-13-5-14-9/h1-3H,4-5H2. The van der Waals surface area contributed by atoms with Gasteiger partial charge >= 0.3 is 0 Å². The third-order valence-electron chi connectivity index (χ3n) is 1.74. The molecule has 74 valence electrons. The lowest BCUT2D eigenvalue weighted by atomic mass is 10.2. The van der Waals surface area contributed by atoms with Crippen LogP contribution in [0.2, 0.25) is 10.0 Å². The summed E-state index contributed by atoms with van der Waals surface area (Å²) in [5.74, 6) is 0. The highest BCUT2D eigenvalue weighted by Gasteiger charge is 2.11. The number of aliphatic imine (C=N–C) groups is 1. The van der Waals surface area contributed by atoms with Crippen LogP contribution in [0.3, 0.4) is 0 Å². The van der Waals surface area contributed by atoms with Crippen LogP contribution < -0.4 is 0 Å². The Bertz CT molecular complexity index is 373. The van der Waals surface area contributed by atoms with Gasteiger partial charge in [-0.2, -0.15) is 0 Å². The molecule has 1 aromatic carbocycles. The number of hydrogen-bond acceptors (Lipinski definition) is 3. The molecule has 0 unspecified atom stereocenters. The molecule has 14 heavy (non-hydrogen) atoms. The topological polar surface area (TPSA) is 12.4 Å². The van der Waals surface area contributed by atoms with Crippen molar-refractivity contribution in [1.82, 2.24) is 0 Å². The van der Waals surface area contributed by atoms with E-state index >= 15 is 0 Å². The SMILES string of the molecule is Clc1ccc(CN=C2SCS2)cc1Cl. The Balaban J connectivity index is 2.05. The van der Waals surface area contributed by atoms with E-state index < -0.39 is 0 Å². The van der Waals surface area contributed by atoms with E-state index in [0.29, 0.717) is 16.6 Å². The molecule has 0 N–H and O–H groups in total. The molecule has 1 nitrogen and oxygen atoms in total. The van der Waals surface area contributed by atoms with Crippen LogP contribution in [-0.2, 0) is 6.54 Å². The van der Waals surface area contributed by atoms with Crippen molar-refractivity contribution in [3.63, 3.8) is 0 Å². The Kier molecular flexibility index (Phi) is 3.66. The van der Waals surface area contributed by atoms with Crippen molar-refractivity contribution in [3.8, 4) is 0 Å². The highest BCUT2D eigenvalue weighted by molar-refractivity contribution is 8.52. The summed E-state index contributed by atoms with van der Waals surface area (Å²) in [6, 6.07) is 5.62. The Labute approximate surface area is 101 Å². The van der Waals surface area contributed by atoms with Crippen LogP contribution in [0.5, 0.6) is 0 Å². The molecule has 0 saturated carbocycles. The summed E-state index contributed by atoms with van der Waals surface area (Å²) in [6.45, 7) is 0.687. The molecule has 1 aromatic rings. The smallest absolute Gasteiger partial charge is 0.126 e. The Morgan fingerprint density at radius 3 is 2.57 bits per heavy atom. The van der Waals surface area contributed by atoms with Gasteiger partial charge in [0, 0.05) is 0 Å². The first-order chi connectivity index (χ1) is 6.75. The first kappa shape index (κ1) is 10.7. The summed E-state index contributed by atoms with van der Waals surface area (Å²) in [7, 11) is 0. The second-order valence-corrected chi connectivity index (χ2v) is 6.10. The van der Waals surface area contributed by atoms with Gasteiger partial charge in [-0.15, -0.1) is 0 Å². The van der Waals surface area contributed by atoms with Gasteiger partial charge in [0.1, 0.15) is 4.38 Å². The quantitative estimate of drug-likeness (QED) is 0.790. The summed E-state index contributed by atoms with van der Waals surface area (Å²) in [5, 5.41) is 2.31. The lowest BCUT2D eigenvalue weighted by molar-refractivity contribution is 1.08. The fourth-order valence-electron chi connectivity index (χ4n) is 0.997. The van der Waals surface area contributed by atoms with Crippen molar-refractivity contribution < 1.29 is 0 Å². The fraction of sp³-hybridized carbons (Fsp3) is 0.222. The van der Waals surface area contributed by atoms with E-state index in [4.69, 9.17) is 23.2 Å². The predicted molar refractivity (Wildman–Crippen MR) is 67.7 cm³/mol. The van der Waals surface area contributed by atoms with Crippen LogP contribution >= 0.6 is 46.7 Å². The highest BCUT2D eigenvalue weighted by atomic mass is 35.5. The molecule has 0 amide bonds. The van der Waals surface area contributed by atoms with Crippen molar-refractivity contribution in [2.45, 2.75) is 6.54 Å². The van der Waals surface area contributed by atoms with Gasteiger partial charge in [-0.1, -0.05) is 52.8 Å². The Morgan fingerprint density at radius 1 is 1.21 bits per heavy atom. The van der Waals surface area contributed by atoms with Gasteiger partial charge in [-0.25, -0.2) is 0 Å². The number of thioether (sulfide) groups is 2. The normalized spacial score (nSPS) is 15.1. The number of hydrogen-bond donors (Lipinski definition) is 0. The predicted octanol–water partition coefficient (Wildman–Crippen LogP) is 4.29. The molecule has 1 fully saturated rings. The molecule has 0 atom stereocenters. The van der Waals surface area contributed by atoms with E-state index in [9.17, 15) is 0 Å². The highest BCUT2D eigenvalue weighted by Crippen LogP contribution is 2.33. The monoisotopic (exact) mass is 263 g/mol. The van der Waals surface area contributed by atoms with Crippen LogP contribution in [0.4, 0.5) is 0 Å². The van der Waals surface area contributed by atoms with E-state index in [1.165, 1.54) is 0 Å². The van der Waals surface area contributed by atoms with Gasteiger partial charge in [-0.3, -0.25) is 4.99 Å². The van der Waals surface area contributed by atoms with Gasteiger partial charge in [-0.05, 0) is 17.7 Å². The van der Waals surface area contributed by atoms with Crippen molar-refractivity contribution >= 4 is 51.1 Å². The second-order valence-electron chi connectivity index (χ2n) is 2.74. The molecule has 1 saturated heterocycles. The van der Waals surface area contributed by atoms with Gasteiger partial charge in [0.2, 0.25) is 0 Å². The summed E-state index contributed by atoms with van der Waals surface area (Å²) < 4.78 is 1.16. The maximum absolute atomic E-state index is 5.89. The van der Waals surface area contributed by atoms with Gasteiger partial charge in [0.25, 0.3) is 0 Å². The van der Waals surface area contributed by atoms with Crippen molar-refractivity contribution in [2.24, 2.45) is 4.99 Å². The zero-order valence-electron chi connectivity index (χ0n) is 7.17. The van der Waals surface area contributed by atoms with E-state index in [1.54, 1.807) is 29.6 Å². The molecule has 0 spiro atoms. The minimum absolute atomic E-state index is 0.593. The molecule has 0 bridgehead atoms. The van der Waals surface area contributed by atoms with Crippen molar-refractivity contribution in [1.29, 1.82) is 0 Å². The number of halogens is 2. The maximum atomic E-state index is 5.89. The number of rotatable bonds is 2. The van der Waals surface area contributed by atoms with Crippen molar-refractivity contribution in [3.05, 3.63) is 33.8 Å². The third-order valence-corrected chi connectivity index (χ3v) is 4.88. The van der Waals surface area contributed by atoms with E-state index in [1.807, 2.05) is 12.1 Å². The lowest BCUT2D eigenvalue weighted by Gasteiger charge is -2.12. The van der Waals surface area contributed by atoms with Crippen LogP contribution in [0.1, 0.15) is 5.56 Å². The van der Waals surface area contributed by atoms with Crippen LogP contribution in [-0.4, -0.2) is 9.46 Å². The average molecular weight is 264 g/mol. The molecule has 1 heterocycles. The number of benzene rings is 1. The van der Waals surface area contributed by atoms with E-state index in [2.05, 4.69) is 4.99 Å². The lowest BCUT2D eigenvalue weighted by Crippen LogP contribution is -1.98. The first-order valence-corrected chi connectivity index (χ1v) is 6.72. The van der Waals surface area contributed by atoms with Gasteiger partial charge in [0.05, 0.1) is 21.7 Å². The van der Waals surface area contributed by atoms with Crippen LogP contribution in [0.25, 0.3) is 0 Å². The minimum Gasteiger partial charge on any atom is -0.267 e. The summed E-state index contributed by atoms with van der Waals surface area (Å²) in [4.78, 5) is 4.41. The van der Waals surface area contributed by atoms with Crippen LogP contribution in [0, 0.1) is 0 Å². The van der Waals surface area contributed by atoms with Crippen molar-refractivity contribution in [2.75, 3.05) is 5.08 Å². The zero-order chi connectivity index (χ0) is 9.97. The van der Waals surface area contributed by atoms with Crippen LogP contribution in [0.15, 0.2) is 23.2 Å². The van der Waals surface area contributed by atoms with Gasteiger partial charge in [0.15, 0.2) is 0 Å². The second kappa shape index (κ2) is 4.79.